The third-order valence-electron chi connectivity index (χ3n) is 2.62. The van der Waals surface area contributed by atoms with Crippen LogP contribution in [0.4, 0.5) is 0 Å². The van der Waals surface area contributed by atoms with Crippen molar-refractivity contribution < 1.29 is 5.11 Å². The molecule has 0 aliphatic carbocycles. The minimum atomic E-state index is -0.0550. The van der Waals surface area contributed by atoms with Crippen molar-refractivity contribution in [2.45, 2.75) is 26.4 Å². The molecule has 1 heterocycles. The van der Waals surface area contributed by atoms with Crippen molar-refractivity contribution in [3.8, 4) is 10.6 Å². The average Bonchev–Trinajstić information content (AvgIpc) is 2.70. The number of aliphatic hydroxyl groups excluding tert-OH is 1. The first kappa shape index (κ1) is 12.6. The van der Waals surface area contributed by atoms with Crippen molar-refractivity contribution in [1.29, 1.82) is 0 Å². The predicted molar refractivity (Wildman–Crippen MR) is 72.6 cm³/mol. The van der Waals surface area contributed by atoms with E-state index in [0.29, 0.717) is 11.1 Å². The van der Waals surface area contributed by atoms with E-state index in [1.54, 1.807) is 0 Å². The molecule has 0 atom stereocenters. The molecule has 90 valence electrons. The molecule has 17 heavy (non-hydrogen) atoms. The lowest BCUT2D eigenvalue weighted by Gasteiger charge is -2.05. The van der Waals surface area contributed by atoms with Gasteiger partial charge in [-0.05, 0) is 11.5 Å². The van der Waals surface area contributed by atoms with Crippen molar-refractivity contribution in [3.05, 3.63) is 39.9 Å². The maximum Gasteiger partial charge on any atom is 0.146 e. The number of hydrogen-bond acceptors (Lipinski definition) is 3. The van der Waals surface area contributed by atoms with Crippen LogP contribution < -0.4 is 0 Å². The van der Waals surface area contributed by atoms with Gasteiger partial charge in [-0.3, -0.25) is 0 Å². The summed E-state index contributed by atoms with van der Waals surface area (Å²) in [5, 5.41) is 10.3. The van der Waals surface area contributed by atoms with Gasteiger partial charge in [-0.25, -0.2) is 4.98 Å². The Hall–Kier alpha value is -0.900. The topological polar surface area (TPSA) is 33.1 Å². The van der Waals surface area contributed by atoms with E-state index in [-0.39, 0.29) is 6.61 Å². The number of halogens is 1. The number of nitrogens with zero attached hydrogens (tertiary/aromatic N) is 1. The molecule has 0 radical (unpaired) electrons. The van der Waals surface area contributed by atoms with Crippen LogP contribution in [0.5, 0.6) is 0 Å². The van der Waals surface area contributed by atoms with Crippen LogP contribution in [0.2, 0.25) is 5.15 Å². The molecule has 4 heteroatoms. The van der Waals surface area contributed by atoms with Crippen LogP contribution in [-0.4, -0.2) is 10.1 Å². The van der Waals surface area contributed by atoms with Crippen LogP contribution in [0.15, 0.2) is 24.3 Å². The quantitative estimate of drug-likeness (QED) is 0.909. The van der Waals surface area contributed by atoms with Crippen molar-refractivity contribution in [2.75, 3.05) is 0 Å². The second kappa shape index (κ2) is 5.17. The number of benzene rings is 1. The monoisotopic (exact) mass is 267 g/mol. The Bertz CT molecular complexity index is 505. The smallest absolute Gasteiger partial charge is 0.146 e. The van der Waals surface area contributed by atoms with E-state index < -0.39 is 0 Å². The summed E-state index contributed by atoms with van der Waals surface area (Å²) >= 11 is 7.35. The van der Waals surface area contributed by atoms with Crippen LogP contribution >= 0.6 is 22.9 Å². The van der Waals surface area contributed by atoms with Crippen molar-refractivity contribution in [1.82, 2.24) is 4.98 Å². The lowest BCUT2D eigenvalue weighted by atomic mass is 10.0. The van der Waals surface area contributed by atoms with Gasteiger partial charge in [0.05, 0.1) is 11.5 Å². The van der Waals surface area contributed by atoms with E-state index in [9.17, 15) is 0 Å². The molecule has 0 aliphatic heterocycles. The molecule has 0 aliphatic rings. The largest absolute Gasteiger partial charge is 0.391 e. The second-order valence-electron chi connectivity index (χ2n) is 4.17. The Morgan fingerprint density at radius 3 is 2.41 bits per heavy atom. The summed E-state index contributed by atoms with van der Waals surface area (Å²) in [4.78, 5) is 4.97. The fourth-order valence-corrected chi connectivity index (χ4v) is 2.69. The lowest BCUT2D eigenvalue weighted by molar-refractivity contribution is 0.285. The minimum absolute atomic E-state index is 0.0550. The molecule has 1 aromatic carbocycles. The van der Waals surface area contributed by atoms with Gasteiger partial charge in [0.25, 0.3) is 0 Å². The molecule has 2 aromatic rings. The predicted octanol–water partition coefficient (Wildman–Crippen LogP) is 4.08. The van der Waals surface area contributed by atoms with E-state index in [1.807, 2.05) is 12.1 Å². The molecule has 1 aromatic heterocycles. The Morgan fingerprint density at radius 1 is 1.29 bits per heavy atom. The van der Waals surface area contributed by atoms with Crippen LogP contribution in [-0.2, 0) is 6.61 Å². The van der Waals surface area contributed by atoms with Crippen molar-refractivity contribution >= 4 is 22.9 Å². The summed E-state index contributed by atoms with van der Waals surface area (Å²) < 4.78 is 0. The number of hydrogen-bond donors (Lipinski definition) is 1. The summed E-state index contributed by atoms with van der Waals surface area (Å²) in [6, 6.07) is 8.30. The van der Waals surface area contributed by atoms with Crippen LogP contribution in [0.1, 0.15) is 30.2 Å². The molecule has 1 N–H and O–H groups in total. The SMILES string of the molecule is CC(C)c1ccc(-c2nc(Cl)c(CO)s2)cc1. The molecular formula is C13H14ClNOS. The van der Waals surface area contributed by atoms with E-state index in [2.05, 4.69) is 31.0 Å². The third kappa shape index (κ3) is 2.68. The standard InChI is InChI=1S/C13H14ClNOS/c1-8(2)9-3-5-10(6-4-9)13-15-12(14)11(7-16)17-13/h3-6,8,16H,7H2,1-2H3. The molecule has 2 rings (SSSR count). The number of aliphatic hydroxyl groups is 1. The van der Waals surface area contributed by atoms with Gasteiger partial charge in [0.1, 0.15) is 10.2 Å². The highest BCUT2D eigenvalue weighted by molar-refractivity contribution is 7.15. The van der Waals surface area contributed by atoms with Crippen molar-refractivity contribution in [2.24, 2.45) is 0 Å². The molecule has 0 saturated heterocycles. The van der Waals surface area contributed by atoms with Gasteiger partial charge in [0, 0.05) is 5.56 Å². The summed E-state index contributed by atoms with van der Waals surface area (Å²) in [5.74, 6) is 0.525. The normalized spacial score (nSPS) is 11.1. The second-order valence-corrected chi connectivity index (χ2v) is 5.61. The zero-order valence-electron chi connectivity index (χ0n) is 9.77. The third-order valence-corrected chi connectivity index (χ3v) is 4.13. The van der Waals surface area contributed by atoms with Crippen LogP contribution in [0.3, 0.4) is 0 Å². The Morgan fingerprint density at radius 2 is 1.94 bits per heavy atom. The molecule has 0 bridgehead atoms. The zero-order chi connectivity index (χ0) is 12.4. The van der Waals surface area contributed by atoms with E-state index in [1.165, 1.54) is 16.9 Å². The van der Waals surface area contributed by atoms with E-state index in [4.69, 9.17) is 16.7 Å². The first-order valence-electron chi connectivity index (χ1n) is 5.48. The van der Waals surface area contributed by atoms with E-state index >= 15 is 0 Å². The summed E-state index contributed by atoms with van der Waals surface area (Å²) in [6.07, 6.45) is 0. The van der Waals surface area contributed by atoms with Gasteiger partial charge in [-0.1, -0.05) is 49.7 Å². The van der Waals surface area contributed by atoms with E-state index in [0.717, 1.165) is 15.4 Å². The van der Waals surface area contributed by atoms with Gasteiger partial charge in [-0.15, -0.1) is 11.3 Å². The first-order chi connectivity index (χ1) is 8.11. The molecule has 0 saturated carbocycles. The summed E-state index contributed by atoms with van der Waals surface area (Å²) in [7, 11) is 0. The highest BCUT2D eigenvalue weighted by Crippen LogP contribution is 2.31. The lowest BCUT2D eigenvalue weighted by Crippen LogP contribution is -1.86. The number of rotatable bonds is 3. The molecular weight excluding hydrogens is 254 g/mol. The van der Waals surface area contributed by atoms with Gasteiger partial charge >= 0.3 is 0 Å². The molecule has 0 fully saturated rings. The Balaban J connectivity index is 2.33. The van der Waals surface area contributed by atoms with Gasteiger partial charge < -0.3 is 5.11 Å². The summed E-state index contributed by atoms with van der Waals surface area (Å²) in [6.45, 7) is 4.28. The maximum atomic E-state index is 9.08. The highest BCUT2D eigenvalue weighted by atomic mass is 35.5. The van der Waals surface area contributed by atoms with Gasteiger partial charge in [-0.2, -0.15) is 0 Å². The first-order valence-corrected chi connectivity index (χ1v) is 6.67. The Kier molecular flexibility index (Phi) is 3.82. The highest BCUT2D eigenvalue weighted by Gasteiger charge is 2.10. The van der Waals surface area contributed by atoms with Crippen molar-refractivity contribution in [3.63, 3.8) is 0 Å². The molecule has 0 unspecified atom stereocenters. The Labute approximate surface area is 110 Å². The molecule has 0 amide bonds. The maximum absolute atomic E-state index is 9.08. The van der Waals surface area contributed by atoms with Gasteiger partial charge in [0.2, 0.25) is 0 Å². The minimum Gasteiger partial charge on any atom is -0.391 e. The fraction of sp³-hybridized carbons (Fsp3) is 0.308. The van der Waals surface area contributed by atoms with Gasteiger partial charge in [0.15, 0.2) is 0 Å². The van der Waals surface area contributed by atoms with Crippen LogP contribution in [0.25, 0.3) is 10.6 Å². The number of aromatic nitrogens is 1. The number of thiazole rings is 1. The summed E-state index contributed by atoms with van der Waals surface area (Å²) in [5.41, 5.74) is 2.35. The molecule has 2 nitrogen and oxygen atoms in total. The fourth-order valence-electron chi connectivity index (χ4n) is 1.56. The van der Waals surface area contributed by atoms with Crippen LogP contribution in [0, 0.1) is 0 Å². The molecule has 0 spiro atoms. The average molecular weight is 268 g/mol. The zero-order valence-corrected chi connectivity index (χ0v) is 11.3.